The maximum Gasteiger partial charge on any atom is 0.324 e. The molecular weight excluding hydrogens is 459 g/mol. The summed E-state index contributed by atoms with van der Waals surface area (Å²) in [5, 5.41) is 4.09. The molecule has 0 spiro atoms. The summed E-state index contributed by atoms with van der Waals surface area (Å²) in [4.78, 5) is 21.1. The zero-order valence-electron chi connectivity index (χ0n) is 21.6. The highest BCUT2D eigenvalue weighted by atomic mass is 19.1. The van der Waals surface area contributed by atoms with Crippen molar-refractivity contribution in [1.29, 1.82) is 0 Å². The van der Waals surface area contributed by atoms with Gasteiger partial charge in [-0.2, -0.15) is 4.98 Å². The number of piperidine rings is 2. The van der Waals surface area contributed by atoms with E-state index in [1.807, 2.05) is 4.90 Å². The third-order valence-corrected chi connectivity index (χ3v) is 8.17. The minimum Gasteiger partial charge on any atom is -0.493 e. The maximum atomic E-state index is 14.6. The molecule has 0 bridgehead atoms. The van der Waals surface area contributed by atoms with Crippen LogP contribution in [0.15, 0.2) is 22.7 Å². The fraction of sp³-hybridized carbons (Fsp3) is 0.679. The van der Waals surface area contributed by atoms with Crippen LogP contribution in [0.4, 0.5) is 10.4 Å². The molecule has 1 aliphatic carbocycles. The van der Waals surface area contributed by atoms with Gasteiger partial charge < -0.3 is 19.1 Å². The number of hydrogen-bond donors (Lipinski definition) is 0. The topological polar surface area (TPSA) is 71.7 Å². The predicted molar refractivity (Wildman–Crippen MR) is 136 cm³/mol. The van der Waals surface area contributed by atoms with Crippen LogP contribution in [-0.4, -0.2) is 53.7 Å². The largest absolute Gasteiger partial charge is 0.493 e. The van der Waals surface area contributed by atoms with E-state index in [0.29, 0.717) is 29.9 Å². The summed E-state index contributed by atoms with van der Waals surface area (Å²) >= 11 is 0. The third kappa shape index (κ3) is 6.01. The van der Waals surface area contributed by atoms with Crippen LogP contribution in [0.5, 0.6) is 5.75 Å². The van der Waals surface area contributed by atoms with Crippen LogP contribution in [0.3, 0.4) is 0 Å². The number of benzene rings is 1. The predicted octanol–water partition coefficient (Wildman–Crippen LogP) is 5.21. The Hall–Kier alpha value is -2.64. The molecule has 2 unspecified atom stereocenters. The summed E-state index contributed by atoms with van der Waals surface area (Å²) in [6, 6.07) is 5.59. The lowest BCUT2D eigenvalue weighted by Gasteiger charge is -2.30. The fourth-order valence-electron chi connectivity index (χ4n) is 5.80. The monoisotopic (exact) mass is 498 g/mol. The van der Waals surface area contributed by atoms with E-state index >= 15 is 0 Å². The lowest BCUT2D eigenvalue weighted by atomic mass is 9.90. The number of amides is 1. The highest BCUT2D eigenvalue weighted by Crippen LogP contribution is 2.50. The highest BCUT2D eigenvalue weighted by molar-refractivity contribution is 5.79. The minimum atomic E-state index is -0.351. The Morgan fingerprint density at radius 2 is 1.94 bits per heavy atom. The lowest BCUT2D eigenvalue weighted by Crippen LogP contribution is -2.36. The molecule has 7 nitrogen and oxygen atoms in total. The van der Waals surface area contributed by atoms with Gasteiger partial charge in [0.15, 0.2) is 5.82 Å². The maximum absolute atomic E-state index is 14.6. The van der Waals surface area contributed by atoms with Gasteiger partial charge in [-0.05, 0) is 74.3 Å². The minimum absolute atomic E-state index is 0.0188. The third-order valence-electron chi connectivity index (χ3n) is 8.17. The number of aromatic nitrogens is 2. The number of likely N-dealkylation sites (tertiary alicyclic amines) is 1. The first-order chi connectivity index (χ1) is 17.5. The Kier molecular flexibility index (Phi) is 7.77. The van der Waals surface area contributed by atoms with E-state index in [0.717, 1.165) is 75.9 Å². The molecule has 3 fully saturated rings. The quantitative estimate of drug-likeness (QED) is 0.473. The van der Waals surface area contributed by atoms with E-state index in [9.17, 15) is 9.18 Å². The van der Waals surface area contributed by atoms with E-state index in [4.69, 9.17) is 9.26 Å². The Morgan fingerprint density at radius 3 is 2.64 bits per heavy atom. The van der Waals surface area contributed by atoms with Crippen molar-refractivity contribution in [2.24, 2.45) is 17.8 Å². The number of ether oxygens (including phenoxy) is 1. The first kappa shape index (κ1) is 25.0. The number of carbonyl (C=O) groups excluding carboxylic acids is 1. The molecule has 1 saturated carbocycles. The summed E-state index contributed by atoms with van der Waals surface area (Å²) in [5.41, 5.74) is 0.451. The summed E-state index contributed by atoms with van der Waals surface area (Å²) in [7, 11) is 0. The van der Waals surface area contributed by atoms with E-state index in [1.165, 1.54) is 18.9 Å². The molecule has 0 N–H and O–H groups in total. The second-order valence-corrected chi connectivity index (χ2v) is 11.1. The smallest absolute Gasteiger partial charge is 0.324 e. The molecule has 2 saturated heterocycles. The molecule has 2 aromatic rings. The van der Waals surface area contributed by atoms with Crippen molar-refractivity contribution >= 4 is 11.9 Å². The zero-order chi connectivity index (χ0) is 25.1. The molecule has 196 valence electrons. The molecule has 3 aliphatic rings. The van der Waals surface area contributed by atoms with Gasteiger partial charge in [0.2, 0.25) is 5.91 Å². The highest BCUT2D eigenvalue weighted by Gasteiger charge is 2.43. The molecule has 8 heteroatoms. The molecule has 3 heterocycles. The molecule has 1 aromatic carbocycles. The molecule has 2 aliphatic heterocycles. The SMILES string of the molecule is CC(C)c1noc(N2CCC(C3CC3CCOc3ccc(CC(=O)N4CCCCC4)c(F)c3)CC2)n1. The average molecular weight is 499 g/mol. The van der Waals surface area contributed by atoms with Gasteiger partial charge in [-0.1, -0.05) is 25.1 Å². The van der Waals surface area contributed by atoms with Crippen molar-refractivity contribution in [3.8, 4) is 5.75 Å². The first-order valence-electron chi connectivity index (χ1n) is 13.8. The van der Waals surface area contributed by atoms with Crippen LogP contribution in [0.2, 0.25) is 0 Å². The van der Waals surface area contributed by atoms with Crippen LogP contribution >= 0.6 is 0 Å². The Morgan fingerprint density at radius 1 is 1.17 bits per heavy atom. The summed E-state index contributed by atoms with van der Waals surface area (Å²) in [5.74, 6) is 3.47. The van der Waals surface area contributed by atoms with Crippen molar-refractivity contribution in [1.82, 2.24) is 15.0 Å². The van der Waals surface area contributed by atoms with Gasteiger partial charge in [0.05, 0.1) is 13.0 Å². The van der Waals surface area contributed by atoms with Crippen molar-refractivity contribution in [2.75, 3.05) is 37.7 Å². The molecule has 36 heavy (non-hydrogen) atoms. The summed E-state index contributed by atoms with van der Waals surface area (Å²) in [6.45, 7) is 8.27. The van der Waals surface area contributed by atoms with Crippen molar-refractivity contribution in [2.45, 2.75) is 71.1 Å². The summed E-state index contributed by atoms with van der Waals surface area (Å²) in [6.07, 6.45) is 7.96. The van der Waals surface area contributed by atoms with Crippen molar-refractivity contribution < 1.29 is 18.4 Å². The van der Waals surface area contributed by atoms with Gasteiger partial charge in [0, 0.05) is 38.2 Å². The number of halogens is 1. The van der Waals surface area contributed by atoms with Crippen molar-refractivity contribution in [3.63, 3.8) is 0 Å². The Bertz CT molecular complexity index is 1030. The van der Waals surface area contributed by atoms with Gasteiger partial charge in [-0.15, -0.1) is 0 Å². The number of rotatable bonds is 9. The molecule has 0 radical (unpaired) electrons. The molecule has 1 amide bonds. The standard InChI is InChI=1S/C28H39FN4O3/c1-19(2)27-30-28(36-31-27)33-13-8-20(9-14-33)24-16-21(24)10-15-35-23-7-6-22(25(29)18-23)17-26(34)32-11-4-3-5-12-32/h6-7,18-21,24H,3-5,8-17H2,1-2H3. The second kappa shape index (κ2) is 11.2. The van der Waals surface area contributed by atoms with Gasteiger partial charge in [0.1, 0.15) is 11.6 Å². The Balaban J connectivity index is 1.02. The molecular formula is C28H39FN4O3. The van der Waals surface area contributed by atoms with E-state index < -0.39 is 0 Å². The number of nitrogens with zero attached hydrogens (tertiary/aromatic N) is 4. The average Bonchev–Trinajstić information content (AvgIpc) is 3.48. The van der Waals surface area contributed by atoms with Gasteiger partial charge in [-0.25, -0.2) is 4.39 Å². The van der Waals surface area contributed by atoms with Gasteiger partial charge in [0.25, 0.3) is 0 Å². The normalized spacial score (nSPS) is 22.8. The van der Waals surface area contributed by atoms with E-state index in [-0.39, 0.29) is 24.1 Å². The van der Waals surface area contributed by atoms with Crippen LogP contribution in [0, 0.1) is 23.6 Å². The van der Waals surface area contributed by atoms with Crippen LogP contribution in [-0.2, 0) is 11.2 Å². The number of anilines is 1. The number of carbonyl (C=O) groups is 1. The van der Waals surface area contributed by atoms with Gasteiger partial charge >= 0.3 is 6.01 Å². The van der Waals surface area contributed by atoms with Crippen LogP contribution in [0.25, 0.3) is 0 Å². The van der Waals surface area contributed by atoms with Crippen LogP contribution < -0.4 is 9.64 Å². The zero-order valence-corrected chi connectivity index (χ0v) is 21.6. The molecule has 5 rings (SSSR count). The van der Waals surface area contributed by atoms with Crippen LogP contribution in [0.1, 0.15) is 76.1 Å². The number of hydrogen-bond acceptors (Lipinski definition) is 6. The summed E-state index contributed by atoms with van der Waals surface area (Å²) < 4.78 is 25.9. The second-order valence-electron chi connectivity index (χ2n) is 11.1. The fourth-order valence-corrected chi connectivity index (χ4v) is 5.80. The molecule has 2 atom stereocenters. The lowest BCUT2D eigenvalue weighted by molar-refractivity contribution is -0.131. The van der Waals surface area contributed by atoms with Gasteiger partial charge in [-0.3, -0.25) is 4.79 Å². The van der Waals surface area contributed by atoms with Crippen molar-refractivity contribution in [3.05, 3.63) is 35.4 Å². The molecule has 1 aromatic heterocycles. The van der Waals surface area contributed by atoms with E-state index in [1.54, 1.807) is 12.1 Å². The first-order valence-corrected chi connectivity index (χ1v) is 13.8. The Labute approximate surface area is 213 Å². The van der Waals surface area contributed by atoms with E-state index in [2.05, 4.69) is 28.9 Å².